The molecular formula is C22H27N5O. The quantitative estimate of drug-likeness (QED) is 0.804. The number of amides is 1. The molecule has 0 unspecified atom stereocenters. The molecule has 0 radical (unpaired) electrons. The number of nitrogens with zero attached hydrogens (tertiary/aromatic N) is 3. The minimum Gasteiger partial charge on any atom is -0.367 e. The monoisotopic (exact) mass is 377 g/mol. The standard InChI is InChI=1S/C22H27N5O/c1-3-14-12-23-22(26-21(14)24-15-5-4-6-15)25-16-7-8-17-18(11-16)20-10-9-19(17)27(20)13(2)28/h7-8,11-12,15,19-20H,3-6,9-10H2,1-2H3,(H2,23,24,25,26)/t19-,20+/m1/s1. The SMILES string of the molecule is CCc1cnc(Nc2ccc3c(c2)[C@@H]2CC[C@H]3N2C(C)=O)nc1NC1CCC1. The van der Waals surface area contributed by atoms with Crippen LogP contribution >= 0.6 is 0 Å². The summed E-state index contributed by atoms with van der Waals surface area (Å²) in [7, 11) is 0. The number of benzene rings is 1. The first-order valence-corrected chi connectivity index (χ1v) is 10.5. The van der Waals surface area contributed by atoms with E-state index in [1.807, 2.05) is 11.1 Å². The topological polar surface area (TPSA) is 70.2 Å². The van der Waals surface area contributed by atoms with Crippen molar-refractivity contribution >= 4 is 23.4 Å². The Morgan fingerprint density at radius 1 is 1.18 bits per heavy atom. The van der Waals surface area contributed by atoms with E-state index in [0.717, 1.165) is 36.3 Å². The Labute approximate surface area is 165 Å². The maximum Gasteiger partial charge on any atom is 0.229 e. The maximum atomic E-state index is 12.1. The summed E-state index contributed by atoms with van der Waals surface area (Å²) >= 11 is 0. The van der Waals surface area contributed by atoms with Crippen molar-refractivity contribution in [1.29, 1.82) is 0 Å². The van der Waals surface area contributed by atoms with Gasteiger partial charge in [-0.25, -0.2) is 4.98 Å². The molecule has 2 bridgehead atoms. The summed E-state index contributed by atoms with van der Waals surface area (Å²) in [5, 5.41) is 6.94. The second-order valence-corrected chi connectivity index (χ2v) is 8.20. The van der Waals surface area contributed by atoms with E-state index in [2.05, 4.69) is 40.7 Å². The molecule has 1 amide bonds. The van der Waals surface area contributed by atoms with Crippen molar-refractivity contribution in [2.24, 2.45) is 0 Å². The van der Waals surface area contributed by atoms with Gasteiger partial charge in [-0.3, -0.25) is 4.79 Å². The van der Waals surface area contributed by atoms with E-state index in [4.69, 9.17) is 4.98 Å². The van der Waals surface area contributed by atoms with E-state index in [0.29, 0.717) is 12.0 Å². The fraction of sp³-hybridized carbons (Fsp3) is 0.500. The number of hydrogen-bond acceptors (Lipinski definition) is 5. The highest BCUT2D eigenvalue weighted by atomic mass is 16.2. The number of carbonyl (C=O) groups excluding carboxylic acids is 1. The minimum atomic E-state index is 0.170. The van der Waals surface area contributed by atoms with Crippen molar-refractivity contribution in [1.82, 2.24) is 14.9 Å². The molecule has 1 aromatic carbocycles. The molecule has 146 valence electrons. The van der Waals surface area contributed by atoms with Gasteiger partial charge in [0.05, 0.1) is 12.1 Å². The highest BCUT2D eigenvalue weighted by Gasteiger charge is 2.45. The molecule has 1 saturated heterocycles. The van der Waals surface area contributed by atoms with Crippen molar-refractivity contribution < 1.29 is 4.79 Å². The van der Waals surface area contributed by atoms with Crippen LogP contribution in [0.4, 0.5) is 17.5 Å². The molecule has 3 heterocycles. The molecule has 28 heavy (non-hydrogen) atoms. The van der Waals surface area contributed by atoms with Crippen LogP contribution in [-0.4, -0.2) is 26.8 Å². The van der Waals surface area contributed by atoms with Gasteiger partial charge in [0.25, 0.3) is 0 Å². The molecule has 2 aliphatic heterocycles. The lowest BCUT2D eigenvalue weighted by molar-refractivity contribution is -0.131. The van der Waals surface area contributed by atoms with Gasteiger partial charge in [0.15, 0.2) is 0 Å². The maximum absolute atomic E-state index is 12.1. The zero-order chi connectivity index (χ0) is 19.3. The highest BCUT2D eigenvalue weighted by molar-refractivity contribution is 5.77. The van der Waals surface area contributed by atoms with Crippen LogP contribution < -0.4 is 10.6 Å². The number of rotatable bonds is 5. The Morgan fingerprint density at radius 2 is 1.96 bits per heavy atom. The third kappa shape index (κ3) is 2.82. The summed E-state index contributed by atoms with van der Waals surface area (Å²) in [6, 6.07) is 7.43. The number of aryl methyl sites for hydroxylation is 1. The zero-order valence-corrected chi connectivity index (χ0v) is 16.5. The molecule has 1 aliphatic carbocycles. The van der Waals surface area contributed by atoms with Crippen molar-refractivity contribution in [2.75, 3.05) is 10.6 Å². The Kier molecular flexibility index (Phi) is 4.22. The van der Waals surface area contributed by atoms with E-state index in [1.165, 1.54) is 30.4 Å². The number of hydrogen-bond donors (Lipinski definition) is 2. The molecule has 2 fully saturated rings. The molecule has 2 aromatic rings. The van der Waals surface area contributed by atoms with Crippen LogP contribution in [0.1, 0.15) is 74.7 Å². The minimum absolute atomic E-state index is 0.170. The number of nitrogens with one attached hydrogen (secondary N) is 2. The van der Waals surface area contributed by atoms with Gasteiger partial charge in [-0.15, -0.1) is 0 Å². The first-order valence-electron chi connectivity index (χ1n) is 10.5. The van der Waals surface area contributed by atoms with Gasteiger partial charge in [0, 0.05) is 30.4 Å². The van der Waals surface area contributed by atoms with Crippen molar-refractivity contribution in [3.05, 3.63) is 41.1 Å². The summed E-state index contributed by atoms with van der Waals surface area (Å²) < 4.78 is 0. The van der Waals surface area contributed by atoms with Gasteiger partial charge in [-0.1, -0.05) is 13.0 Å². The molecular weight excluding hydrogens is 350 g/mol. The van der Waals surface area contributed by atoms with Crippen LogP contribution in [-0.2, 0) is 11.2 Å². The summed E-state index contributed by atoms with van der Waals surface area (Å²) in [6.07, 6.45) is 8.69. The van der Waals surface area contributed by atoms with Gasteiger partial charge >= 0.3 is 0 Å². The van der Waals surface area contributed by atoms with E-state index in [9.17, 15) is 4.79 Å². The van der Waals surface area contributed by atoms with Gasteiger partial charge < -0.3 is 15.5 Å². The normalized spacial score (nSPS) is 22.7. The summed E-state index contributed by atoms with van der Waals surface area (Å²) in [4.78, 5) is 23.4. The largest absolute Gasteiger partial charge is 0.367 e. The molecule has 1 saturated carbocycles. The molecule has 6 nitrogen and oxygen atoms in total. The molecule has 6 heteroatoms. The Morgan fingerprint density at radius 3 is 2.64 bits per heavy atom. The summed E-state index contributed by atoms with van der Waals surface area (Å²) in [5.41, 5.74) is 4.70. The Hall–Kier alpha value is -2.63. The van der Waals surface area contributed by atoms with Gasteiger partial charge in [-0.05, 0) is 61.8 Å². The third-order valence-electron chi connectivity index (χ3n) is 6.50. The highest BCUT2D eigenvalue weighted by Crippen LogP contribution is 2.53. The second kappa shape index (κ2) is 6.76. The van der Waals surface area contributed by atoms with E-state index >= 15 is 0 Å². The summed E-state index contributed by atoms with van der Waals surface area (Å²) in [6.45, 7) is 3.81. The average molecular weight is 377 g/mol. The number of aromatic nitrogens is 2. The first kappa shape index (κ1) is 17.5. The van der Waals surface area contributed by atoms with Crippen LogP contribution in [0.15, 0.2) is 24.4 Å². The average Bonchev–Trinajstić information content (AvgIpc) is 3.22. The van der Waals surface area contributed by atoms with Crippen LogP contribution in [0.5, 0.6) is 0 Å². The lowest BCUT2D eigenvalue weighted by Crippen LogP contribution is -2.28. The van der Waals surface area contributed by atoms with E-state index in [1.54, 1.807) is 6.92 Å². The fourth-order valence-corrected chi connectivity index (χ4v) is 4.83. The van der Waals surface area contributed by atoms with Crippen LogP contribution in [0.25, 0.3) is 0 Å². The van der Waals surface area contributed by atoms with Crippen molar-refractivity contribution in [3.8, 4) is 0 Å². The number of carbonyl (C=O) groups is 1. The third-order valence-corrected chi connectivity index (χ3v) is 6.50. The van der Waals surface area contributed by atoms with Crippen molar-refractivity contribution in [3.63, 3.8) is 0 Å². The lowest BCUT2D eigenvalue weighted by atomic mass is 9.91. The molecule has 2 N–H and O–H groups in total. The van der Waals surface area contributed by atoms with E-state index < -0.39 is 0 Å². The molecule has 5 rings (SSSR count). The van der Waals surface area contributed by atoms with Crippen LogP contribution in [0.2, 0.25) is 0 Å². The van der Waals surface area contributed by atoms with Gasteiger partial charge in [0.1, 0.15) is 5.82 Å². The first-order chi connectivity index (χ1) is 13.6. The fourth-order valence-electron chi connectivity index (χ4n) is 4.83. The molecule has 3 aliphatic rings. The number of fused-ring (bicyclic) bond motifs is 5. The van der Waals surface area contributed by atoms with E-state index in [-0.39, 0.29) is 18.0 Å². The predicted octanol–water partition coefficient (Wildman–Crippen LogP) is 4.49. The Bertz CT molecular complexity index is 923. The molecule has 1 aromatic heterocycles. The second-order valence-electron chi connectivity index (χ2n) is 8.20. The predicted molar refractivity (Wildman–Crippen MR) is 110 cm³/mol. The zero-order valence-electron chi connectivity index (χ0n) is 16.5. The summed E-state index contributed by atoms with van der Waals surface area (Å²) in [5.74, 6) is 1.74. The van der Waals surface area contributed by atoms with Crippen molar-refractivity contribution in [2.45, 2.75) is 70.5 Å². The van der Waals surface area contributed by atoms with Crippen LogP contribution in [0.3, 0.4) is 0 Å². The Balaban J connectivity index is 1.39. The van der Waals surface area contributed by atoms with Crippen LogP contribution in [0, 0.1) is 0 Å². The lowest BCUT2D eigenvalue weighted by Gasteiger charge is -2.28. The number of anilines is 3. The smallest absolute Gasteiger partial charge is 0.229 e. The van der Waals surface area contributed by atoms with Gasteiger partial charge in [0.2, 0.25) is 11.9 Å². The molecule has 0 spiro atoms. The van der Waals surface area contributed by atoms with Gasteiger partial charge in [-0.2, -0.15) is 4.98 Å². The molecule has 2 atom stereocenters.